The molecule has 2 aromatic carbocycles. The van der Waals surface area contributed by atoms with Gasteiger partial charge in [0.05, 0.1) is 18.8 Å². The van der Waals surface area contributed by atoms with Gasteiger partial charge >= 0.3 is 12.0 Å². The van der Waals surface area contributed by atoms with E-state index in [4.69, 9.17) is 14.7 Å². The molecule has 41 heavy (non-hydrogen) atoms. The molecule has 3 heterocycles. The Morgan fingerprint density at radius 2 is 1.88 bits per heavy atom. The van der Waals surface area contributed by atoms with Crippen LogP contribution in [0.3, 0.4) is 0 Å². The minimum absolute atomic E-state index is 0.231. The minimum atomic E-state index is -0.973. The van der Waals surface area contributed by atoms with Crippen molar-refractivity contribution in [2.45, 2.75) is 38.8 Å². The number of rotatable bonds is 9. The Hall–Kier alpha value is -4.42. The molecule has 1 fully saturated rings. The molecule has 5 rings (SSSR count). The summed E-state index contributed by atoms with van der Waals surface area (Å²) in [6, 6.07) is 12.2. The molecule has 0 bridgehead atoms. The van der Waals surface area contributed by atoms with E-state index >= 15 is 0 Å². The highest BCUT2D eigenvalue weighted by atomic mass is 19.2. The summed E-state index contributed by atoms with van der Waals surface area (Å²) < 4.78 is 34.4. The second kappa shape index (κ2) is 12.4. The van der Waals surface area contributed by atoms with E-state index in [-0.39, 0.29) is 6.01 Å². The Bertz CT molecular complexity index is 1500. The number of urea groups is 1. The molecule has 0 unspecified atom stereocenters. The fraction of sp³-hybridized carbons (Fsp3) is 0.310. The van der Waals surface area contributed by atoms with Crippen LogP contribution >= 0.6 is 0 Å². The largest absolute Gasteiger partial charge is 0.467 e. The first-order chi connectivity index (χ1) is 19.9. The van der Waals surface area contributed by atoms with Gasteiger partial charge in [-0.25, -0.2) is 28.2 Å². The Morgan fingerprint density at radius 3 is 2.56 bits per heavy atom. The molecular formula is C29H31F2N7O3. The Balaban J connectivity index is 1.42. The molecule has 0 radical (unpaired) electrons. The van der Waals surface area contributed by atoms with E-state index in [1.165, 1.54) is 13.2 Å². The zero-order chi connectivity index (χ0) is 28.9. The fourth-order valence-corrected chi connectivity index (χ4v) is 4.70. The third kappa shape index (κ3) is 6.18. The summed E-state index contributed by atoms with van der Waals surface area (Å²) >= 11 is 0. The van der Waals surface area contributed by atoms with Crippen molar-refractivity contribution in [2.75, 3.05) is 25.5 Å². The number of anilines is 1. The van der Waals surface area contributed by atoms with Gasteiger partial charge in [0.25, 0.3) is 0 Å². The second-order valence-electron chi connectivity index (χ2n) is 9.67. The van der Waals surface area contributed by atoms with Crippen LogP contribution in [0.25, 0.3) is 16.9 Å². The Labute approximate surface area is 236 Å². The molecular weight excluding hydrogens is 532 g/mol. The van der Waals surface area contributed by atoms with E-state index in [1.807, 2.05) is 37.3 Å². The van der Waals surface area contributed by atoms with Crippen LogP contribution in [-0.4, -0.2) is 57.1 Å². The monoisotopic (exact) mass is 563 g/mol. The molecule has 12 heteroatoms. The standard InChI is InChI=1S/C29H31F2N7O3/c1-4-5-13-37-17-24(26(41-37)19-11-12-22(30)23(31)14-19)34-28(39)35-27-18(2)25(20-15-32-29(40-3)33-16-20)36-38(27)21-9-7-6-8-10-21/h6-12,14-16,24,26H,4-5,13,17H2,1-3H3,(H2,34,35,39)/t24-,26+/m1/s1. The lowest BCUT2D eigenvalue weighted by Gasteiger charge is -2.20. The van der Waals surface area contributed by atoms with E-state index in [1.54, 1.807) is 22.1 Å². The predicted octanol–water partition coefficient (Wildman–Crippen LogP) is 5.20. The molecule has 214 valence electrons. The highest BCUT2D eigenvalue weighted by molar-refractivity contribution is 5.91. The number of halogens is 2. The van der Waals surface area contributed by atoms with Crippen molar-refractivity contribution in [3.63, 3.8) is 0 Å². The van der Waals surface area contributed by atoms with Crippen LogP contribution in [0.15, 0.2) is 60.9 Å². The van der Waals surface area contributed by atoms with Crippen molar-refractivity contribution in [1.29, 1.82) is 0 Å². The number of nitrogens with one attached hydrogen (secondary N) is 2. The number of hydroxylamine groups is 2. The molecule has 1 aliphatic heterocycles. The van der Waals surface area contributed by atoms with E-state index in [2.05, 4.69) is 27.5 Å². The zero-order valence-electron chi connectivity index (χ0n) is 23.0. The summed E-state index contributed by atoms with van der Waals surface area (Å²) in [4.78, 5) is 27.9. The number of methoxy groups -OCH3 is 1. The number of carbonyl (C=O) groups is 1. The zero-order valence-corrected chi connectivity index (χ0v) is 23.0. The van der Waals surface area contributed by atoms with Gasteiger partial charge in [0.1, 0.15) is 17.6 Å². The second-order valence-corrected chi connectivity index (χ2v) is 9.67. The molecule has 2 aromatic heterocycles. The smallest absolute Gasteiger partial charge is 0.320 e. The average Bonchev–Trinajstić information content (AvgIpc) is 3.54. The normalized spacial score (nSPS) is 17.0. The van der Waals surface area contributed by atoms with Gasteiger partial charge in [-0.3, -0.25) is 10.2 Å². The first-order valence-electron chi connectivity index (χ1n) is 13.3. The maximum absolute atomic E-state index is 14.1. The van der Waals surface area contributed by atoms with E-state index in [9.17, 15) is 13.6 Å². The van der Waals surface area contributed by atoms with Gasteiger partial charge in [-0.1, -0.05) is 37.6 Å². The van der Waals surface area contributed by atoms with Gasteiger partial charge in [0, 0.05) is 36.6 Å². The van der Waals surface area contributed by atoms with Crippen molar-refractivity contribution < 1.29 is 23.1 Å². The van der Waals surface area contributed by atoms with Crippen LogP contribution < -0.4 is 15.4 Å². The van der Waals surface area contributed by atoms with Gasteiger partial charge in [-0.15, -0.1) is 0 Å². The van der Waals surface area contributed by atoms with Crippen molar-refractivity contribution in [3.8, 4) is 23.0 Å². The minimum Gasteiger partial charge on any atom is -0.467 e. The van der Waals surface area contributed by atoms with E-state index in [0.29, 0.717) is 41.3 Å². The predicted molar refractivity (Wildman–Crippen MR) is 148 cm³/mol. The number of hydrogen-bond donors (Lipinski definition) is 2. The lowest BCUT2D eigenvalue weighted by Crippen LogP contribution is -2.42. The van der Waals surface area contributed by atoms with Crippen LogP contribution in [0.4, 0.5) is 19.4 Å². The van der Waals surface area contributed by atoms with Gasteiger partial charge in [0.15, 0.2) is 11.6 Å². The number of benzene rings is 2. The number of aromatic nitrogens is 4. The van der Waals surface area contributed by atoms with E-state index in [0.717, 1.165) is 30.7 Å². The molecule has 2 amide bonds. The lowest BCUT2D eigenvalue weighted by atomic mass is 10.0. The molecule has 2 N–H and O–H groups in total. The fourth-order valence-electron chi connectivity index (χ4n) is 4.70. The number of hydrogen-bond acceptors (Lipinski definition) is 7. The van der Waals surface area contributed by atoms with Crippen LogP contribution in [-0.2, 0) is 4.84 Å². The van der Waals surface area contributed by atoms with Crippen molar-refractivity contribution in [3.05, 3.63) is 83.7 Å². The lowest BCUT2D eigenvalue weighted by molar-refractivity contribution is -0.148. The number of carbonyl (C=O) groups excluding carboxylic acids is 1. The van der Waals surface area contributed by atoms with Gasteiger partial charge in [-0.2, -0.15) is 10.2 Å². The summed E-state index contributed by atoms with van der Waals surface area (Å²) in [6.45, 7) is 4.93. The number of para-hydroxylation sites is 1. The average molecular weight is 564 g/mol. The van der Waals surface area contributed by atoms with Crippen LogP contribution in [0.1, 0.15) is 37.0 Å². The maximum atomic E-state index is 14.1. The quantitative estimate of drug-likeness (QED) is 0.288. The summed E-state index contributed by atoms with van der Waals surface area (Å²) in [5.41, 5.74) is 3.10. The topological polar surface area (TPSA) is 106 Å². The summed E-state index contributed by atoms with van der Waals surface area (Å²) in [6.07, 6.45) is 4.36. The number of ether oxygens (including phenoxy) is 1. The highest BCUT2D eigenvalue weighted by Crippen LogP contribution is 2.32. The molecule has 1 aliphatic rings. The Kier molecular flexibility index (Phi) is 8.50. The third-order valence-corrected chi connectivity index (χ3v) is 6.82. The number of amides is 2. The molecule has 2 atom stereocenters. The molecule has 1 saturated heterocycles. The maximum Gasteiger partial charge on any atom is 0.320 e. The molecule has 0 saturated carbocycles. The first kappa shape index (κ1) is 28.1. The van der Waals surface area contributed by atoms with E-state index < -0.39 is 29.8 Å². The highest BCUT2D eigenvalue weighted by Gasteiger charge is 2.37. The van der Waals surface area contributed by atoms with Gasteiger partial charge in [-0.05, 0) is 43.2 Å². The van der Waals surface area contributed by atoms with Gasteiger partial charge < -0.3 is 10.1 Å². The van der Waals surface area contributed by atoms with Crippen LogP contribution in [0, 0.1) is 18.6 Å². The van der Waals surface area contributed by atoms with Crippen molar-refractivity contribution in [1.82, 2.24) is 30.1 Å². The third-order valence-electron chi connectivity index (χ3n) is 6.82. The van der Waals surface area contributed by atoms with Crippen molar-refractivity contribution in [2.24, 2.45) is 0 Å². The summed E-state index contributed by atoms with van der Waals surface area (Å²) in [5, 5.41) is 12.4. The van der Waals surface area contributed by atoms with Crippen LogP contribution in [0.5, 0.6) is 6.01 Å². The van der Waals surface area contributed by atoms with Crippen LogP contribution in [0.2, 0.25) is 0 Å². The van der Waals surface area contributed by atoms with Gasteiger partial charge in [0.2, 0.25) is 0 Å². The molecule has 10 nitrogen and oxygen atoms in total. The SMILES string of the molecule is CCCCN1C[C@@H](NC(=O)Nc2c(C)c(-c3cnc(OC)nc3)nn2-c2ccccc2)[C@H](c2ccc(F)c(F)c2)O1. The van der Waals surface area contributed by atoms with Crippen molar-refractivity contribution >= 4 is 11.8 Å². The molecule has 4 aromatic rings. The number of nitrogens with zero attached hydrogens (tertiary/aromatic N) is 5. The number of unbranched alkanes of at least 4 members (excludes halogenated alkanes) is 1. The first-order valence-corrected chi connectivity index (χ1v) is 13.3. The molecule has 0 aliphatic carbocycles. The summed E-state index contributed by atoms with van der Waals surface area (Å²) in [7, 11) is 1.49. The Morgan fingerprint density at radius 1 is 1.12 bits per heavy atom. The summed E-state index contributed by atoms with van der Waals surface area (Å²) in [5.74, 6) is -1.47. The molecule has 0 spiro atoms.